The van der Waals surface area contributed by atoms with Crippen molar-refractivity contribution in [3.8, 4) is 0 Å². The van der Waals surface area contributed by atoms with Gasteiger partial charge in [-0.05, 0) is 31.0 Å². The van der Waals surface area contributed by atoms with Crippen molar-refractivity contribution in [2.45, 2.75) is 44.3 Å². The lowest BCUT2D eigenvalue weighted by atomic mass is 9.97. The summed E-state index contributed by atoms with van der Waals surface area (Å²) in [5.74, 6) is -0.411. The van der Waals surface area contributed by atoms with Crippen LogP contribution in [0.3, 0.4) is 0 Å². The standard InChI is InChI=1S/C24H35N5O4/c1-16(2)8-18(12-30)28-23(32)21(9-17-10-26-20-7-5-4-6-19(17)20)29-22(31)11-27-24(13-25-3)14-33-15-24/h4-7,10,12,16,18,21,25-27H,8-9,11,13-15H2,1-3H3,(H,28,32)(H,29,31). The maximum Gasteiger partial charge on any atom is 0.243 e. The SMILES string of the molecule is CNCC1(NCC(=O)NC(Cc2c[nH]c3ccccc23)C(=O)NC(C=O)CC(C)C)COC1. The van der Waals surface area contributed by atoms with Gasteiger partial charge in [-0.15, -0.1) is 0 Å². The third kappa shape index (κ3) is 6.63. The molecule has 33 heavy (non-hydrogen) atoms. The van der Waals surface area contributed by atoms with Crippen LogP contribution in [-0.2, 0) is 25.5 Å². The second-order valence-electron chi connectivity index (χ2n) is 9.22. The minimum Gasteiger partial charge on any atom is -0.377 e. The molecule has 2 atom stereocenters. The van der Waals surface area contributed by atoms with E-state index in [1.165, 1.54) is 0 Å². The van der Waals surface area contributed by atoms with Gasteiger partial charge in [0.1, 0.15) is 12.3 Å². The smallest absolute Gasteiger partial charge is 0.243 e. The van der Waals surface area contributed by atoms with Gasteiger partial charge >= 0.3 is 0 Å². The molecular weight excluding hydrogens is 422 g/mol. The molecule has 9 heteroatoms. The number of carbonyl (C=O) groups is 3. The Hall–Kier alpha value is -2.75. The van der Waals surface area contributed by atoms with Crippen LogP contribution in [0, 0.1) is 5.92 Å². The zero-order chi connectivity index (χ0) is 23.8. The van der Waals surface area contributed by atoms with Gasteiger partial charge in [0, 0.05) is 30.1 Å². The van der Waals surface area contributed by atoms with Gasteiger partial charge in [0.05, 0.1) is 31.3 Å². The van der Waals surface area contributed by atoms with Gasteiger partial charge in [-0.25, -0.2) is 0 Å². The van der Waals surface area contributed by atoms with E-state index in [-0.39, 0.29) is 29.8 Å². The number of ether oxygens (including phenoxy) is 1. The topological polar surface area (TPSA) is 124 Å². The van der Waals surface area contributed by atoms with Crippen molar-refractivity contribution < 1.29 is 19.1 Å². The zero-order valence-corrected chi connectivity index (χ0v) is 19.6. The van der Waals surface area contributed by atoms with E-state index >= 15 is 0 Å². The molecule has 0 spiro atoms. The van der Waals surface area contributed by atoms with E-state index in [1.807, 2.05) is 51.4 Å². The molecule has 2 amide bonds. The number of H-pyrrole nitrogens is 1. The number of benzene rings is 1. The van der Waals surface area contributed by atoms with Crippen LogP contribution in [0.1, 0.15) is 25.8 Å². The van der Waals surface area contributed by atoms with Gasteiger partial charge in [-0.3, -0.25) is 14.9 Å². The highest BCUT2D eigenvalue weighted by Gasteiger charge is 2.38. The summed E-state index contributed by atoms with van der Waals surface area (Å²) in [6.07, 6.45) is 3.45. The second-order valence-corrected chi connectivity index (χ2v) is 9.22. The maximum atomic E-state index is 13.1. The predicted molar refractivity (Wildman–Crippen MR) is 127 cm³/mol. The van der Waals surface area contributed by atoms with Crippen LogP contribution in [0.15, 0.2) is 30.5 Å². The van der Waals surface area contributed by atoms with E-state index in [9.17, 15) is 14.4 Å². The maximum absolute atomic E-state index is 13.1. The van der Waals surface area contributed by atoms with E-state index in [0.717, 1.165) is 22.8 Å². The van der Waals surface area contributed by atoms with Crippen LogP contribution in [0.5, 0.6) is 0 Å². The quantitative estimate of drug-likeness (QED) is 0.279. The molecule has 0 aliphatic carbocycles. The highest BCUT2D eigenvalue weighted by atomic mass is 16.5. The summed E-state index contributed by atoms with van der Waals surface area (Å²) in [6, 6.07) is 6.40. The molecule has 2 aromatic rings. The molecule has 2 unspecified atom stereocenters. The molecule has 1 aromatic heterocycles. The van der Waals surface area contributed by atoms with Gasteiger partial charge in [0.2, 0.25) is 11.8 Å². The number of fused-ring (bicyclic) bond motifs is 1. The number of aromatic amines is 1. The number of aromatic nitrogens is 1. The first-order chi connectivity index (χ1) is 15.9. The lowest BCUT2D eigenvalue weighted by Gasteiger charge is -2.42. The summed E-state index contributed by atoms with van der Waals surface area (Å²) in [6.45, 7) is 5.77. The number of carbonyl (C=O) groups excluding carboxylic acids is 3. The lowest BCUT2D eigenvalue weighted by molar-refractivity contribution is -0.130. The average molecular weight is 458 g/mol. The van der Waals surface area contributed by atoms with Crippen LogP contribution in [0.2, 0.25) is 0 Å². The van der Waals surface area contributed by atoms with Crippen LogP contribution < -0.4 is 21.3 Å². The van der Waals surface area contributed by atoms with Crippen molar-refractivity contribution >= 4 is 29.0 Å². The summed E-state index contributed by atoms with van der Waals surface area (Å²) < 4.78 is 5.31. The van der Waals surface area contributed by atoms with Gasteiger partial charge in [-0.1, -0.05) is 32.0 Å². The number of amides is 2. The molecule has 0 saturated carbocycles. The minimum absolute atomic E-state index is 0.0613. The van der Waals surface area contributed by atoms with Crippen molar-refractivity contribution in [1.82, 2.24) is 26.3 Å². The largest absolute Gasteiger partial charge is 0.377 e. The number of likely N-dealkylation sites (N-methyl/N-ethyl adjacent to an activating group) is 1. The summed E-state index contributed by atoms with van der Waals surface area (Å²) in [5, 5.41) is 13.0. The molecule has 1 aliphatic rings. The molecule has 180 valence electrons. The molecule has 2 heterocycles. The molecule has 0 radical (unpaired) electrons. The Morgan fingerprint density at radius 3 is 2.61 bits per heavy atom. The third-order valence-corrected chi connectivity index (χ3v) is 5.86. The fourth-order valence-corrected chi connectivity index (χ4v) is 4.14. The normalized spacial score (nSPS) is 16.7. The third-order valence-electron chi connectivity index (χ3n) is 5.86. The fraction of sp³-hybridized carbons (Fsp3) is 0.542. The molecule has 9 nitrogen and oxygen atoms in total. The van der Waals surface area contributed by atoms with E-state index < -0.39 is 12.1 Å². The van der Waals surface area contributed by atoms with Crippen molar-refractivity contribution in [3.63, 3.8) is 0 Å². The van der Waals surface area contributed by atoms with E-state index in [2.05, 4.69) is 26.3 Å². The monoisotopic (exact) mass is 457 g/mol. The van der Waals surface area contributed by atoms with E-state index in [1.54, 1.807) is 0 Å². The van der Waals surface area contributed by atoms with Crippen LogP contribution in [-0.4, -0.2) is 74.1 Å². The van der Waals surface area contributed by atoms with Crippen molar-refractivity contribution in [1.29, 1.82) is 0 Å². The first-order valence-electron chi connectivity index (χ1n) is 11.4. The molecule has 3 rings (SSSR count). The van der Waals surface area contributed by atoms with E-state index in [4.69, 9.17) is 4.74 Å². The van der Waals surface area contributed by atoms with Crippen molar-refractivity contribution in [3.05, 3.63) is 36.0 Å². The summed E-state index contributed by atoms with van der Waals surface area (Å²) in [5.41, 5.74) is 1.61. The molecular formula is C24H35N5O4. The minimum atomic E-state index is -0.814. The van der Waals surface area contributed by atoms with Crippen LogP contribution >= 0.6 is 0 Å². The predicted octanol–water partition coefficient (Wildman–Crippen LogP) is 0.503. The molecule has 1 aliphatic heterocycles. The number of hydrogen-bond acceptors (Lipinski definition) is 6. The Balaban J connectivity index is 1.70. The summed E-state index contributed by atoms with van der Waals surface area (Å²) in [7, 11) is 1.85. The van der Waals surface area contributed by atoms with Gasteiger partial charge in [0.15, 0.2) is 0 Å². The number of rotatable bonds is 13. The van der Waals surface area contributed by atoms with Gasteiger partial charge in [-0.2, -0.15) is 0 Å². The lowest BCUT2D eigenvalue weighted by Crippen LogP contribution is -2.66. The highest BCUT2D eigenvalue weighted by molar-refractivity contribution is 5.91. The molecule has 5 N–H and O–H groups in total. The number of aldehydes is 1. The van der Waals surface area contributed by atoms with Crippen molar-refractivity contribution in [2.24, 2.45) is 5.92 Å². The Bertz CT molecular complexity index is 953. The van der Waals surface area contributed by atoms with Crippen molar-refractivity contribution in [2.75, 3.05) is 33.4 Å². The Morgan fingerprint density at radius 2 is 1.97 bits per heavy atom. The Labute approximate surface area is 194 Å². The van der Waals surface area contributed by atoms with Crippen LogP contribution in [0.25, 0.3) is 10.9 Å². The highest BCUT2D eigenvalue weighted by Crippen LogP contribution is 2.19. The number of hydrogen-bond donors (Lipinski definition) is 5. The zero-order valence-electron chi connectivity index (χ0n) is 19.6. The summed E-state index contributed by atoms with van der Waals surface area (Å²) >= 11 is 0. The average Bonchev–Trinajstić information content (AvgIpc) is 3.17. The van der Waals surface area contributed by atoms with E-state index in [0.29, 0.717) is 32.6 Å². The second kappa shape index (κ2) is 11.4. The fourth-order valence-electron chi connectivity index (χ4n) is 4.14. The Morgan fingerprint density at radius 1 is 1.21 bits per heavy atom. The van der Waals surface area contributed by atoms with Crippen LogP contribution in [0.4, 0.5) is 0 Å². The molecule has 1 saturated heterocycles. The first kappa shape index (κ1) is 24.9. The first-order valence-corrected chi connectivity index (χ1v) is 11.4. The molecule has 0 bridgehead atoms. The Kier molecular flexibility index (Phi) is 8.60. The molecule has 1 fully saturated rings. The number of para-hydroxylation sites is 1. The molecule has 1 aromatic carbocycles. The summed E-state index contributed by atoms with van der Waals surface area (Å²) in [4.78, 5) is 40.6. The van der Waals surface area contributed by atoms with Gasteiger partial charge < -0.3 is 30.5 Å². The van der Waals surface area contributed by atoms with Gasteiger partial charge in [0.25, 0.3) is 0 Å². The number of nitrogens with one attached hydrogen (secondary N) is 5.